The zero-order chi connectivity index (χ0) is 30.8. The Kier molecular flexibility index (Phi) is 7.61. The summed E-state index contributed by atoms with van der Waals surface area (Å²) in [5, 5.41) is 0. The van der Waals surface area contributed by atoms with Gasteiger partial charge in [-0.1, -0.05) is 62.4 Å². The fraction of sp³-hybridized carbons (Fsp3) is 0.0857. The number of pyridine rings is 4. The number of ether oxygens (including phenoxy) is 1. The van der Waals surface area contributed by atoms with Crippen molar-refractivity contribution in [3.63, 3.8) is 0 Å². The van der Waals surface area contributed by atoms with Gasteiger partial charge >= 0.3 is 0 Å². The minimum Gasteiger partial charge on any atom is -0.457 e. The molecule has 0 spiro atoms. The van der Waals surface area contributed by atoms with Gasteiger partial charge in [-0.05, 0) is 60.7 Å². The molecule has 0 fully saturated rings. The summed E-state index contributed by atoms with van der Waals surface area (Å²) in [6.07, 6.45) is 0. The van der Waals surface area contributed by atoms with Gasteiger partial charge in [-0.25, -0.2) is 0 Å². The van der Waals surface area contributed by atoms with Crippen molar-refractivity contribution in [1.29, 1.82) is 0 Å². The molecule has 6 aromatic rings. The van der Waals surface area contributed by atoms with Gasteiger partial charge in [0.1, 0.15) is 16.9 Å². The molecule has 5 heterocycles. The van der Waals surface area contributed by atoms with E-state index in [2.05, 4.69) is 9.97 Å². The van der Waals surface area contributed by atoms with Crippen LogP contribution in [0.3, 0.4) is 0 Å². The number of nitrogens with zero attached hydrogens (tertiary/aromatic N) is 4. The molecule has 5 nitrogen and oxygen atoms in total. The van der Waals surface area contributed by atoms with Crippen LogP contribution < -0.4 is 4.74 Å². The Morgan fingerprint density at radius 3 is 1.34 bits per heavy atom. The summed E-state index contributed by atoms with van der Waals surface area (Å²) < 4.78 is 63.2. The molecule has 4 aromatic heterocycles. The molecular formula is C35H24F4N4O. The van der Waals surface area contributed by atoms with E-state index in [-0.39, 0.29) is 22.5 Å². The van der Waals surface area contributed by atoms with Gasteiger partial charge in [0.2, 0.25) is 23.8 Å². The first-order valence-corrected chi connectivity index (χ1v) is 13.9. The summed E-state index contributed by atoms with van der Waals surface area (Å²) >= 11 is 0. The Hall–Kier alpha value is -5.44. The fourth-order valence-corrected chi connectivity index (χ4v) is 5.47. The Balaban J connectivity index is 0.00000168. The lowest BCUT2D eigenvalue weighted by atomic mass is 9.67. The number of rotatable bonds is 4. The Bertz CT molecular complexity index is 1860. The third-order valence-electron chi connectivity index (χ3n) is 7.25. The van der Waals surface area contributed by atoms with Crippen LogP contribution in [0.1, 0.15) is 36.4 Å². The smallest absolute Gasteiger partial charge is 0.224 e. The van der Waals surface area contributed by atoms with E-state index in [1.165, 1.54) is 12.1 Å². The van der Waals surface area contributed by atoms with Crippen LogP contribution in [0, 0.1) is 23.8 Å². The average molecular weight is 593 g/mol. The van der Waals surface area contributed by atoms with E-state index >= 15 is 0 Å². The predicted octanol–water partition coefficient (Wildman–Crippen LogP) is 8.67. The highest BCUT2D eigenvalue weighted by Gasteiger charge is 2.47. The van der Waals surface area contributed by atoms with Gasteiger partial charge < -0.3 is 4.74 Å². The van der Waals surface area contributed by atoms with Gasteiger partial charge in [-0.15, -0.1) is 0 Å². The number of halogens is 4. The Labute approximate surface area is 250 Å². The van der Waals surface area contributed by atoms with Crippen molar-refractivity contribution in [2.24, 2.45) is 0 Å². The van der Waals surface area contributed by atoms with Crippen molar-refractivity contribution in [3.05, 3.63) is 156 Å². The molecule has 7 rings (SSSR count). The van der Waals surface area contributed by atoms with E-state index in [9.17, 15) is 17.6 Å². The van der Waals surface area contributed by atoms with E-state index in [0.29, 0.717) is 34.0 Å². The monoisotopic (exact) mass is 592 g/mol. The fourth-order valence-electron chi connectivity index (χ4n) is 5.47. The standard InChI is InChI=1S/C33H18F4N4O.C2H6/c34-29-17-15-19(31(36)40-29)23-9-5-13-27(38-23)33(21-7-1-3-11-25(21)42-26-12-4-2-8-22(26)33)28-14-6-10-24(39-28)20-16-18-30(35)41-32(20)37;1-2/h1-18H;1-2H3. The minimum absolute atomic E-state index is 0.0168. The maximum Gasteiger partial charge on any atom is 0.224 e. The van der Waals surface area contributed by atoms with Crippen molar-refractivity contribution in [3.8, 4) is 34.0 Å². The second kappa shape index (κ2) is 11.7. The summed E-state index contributed by atoms with van der Waals surface area (Å²) in [6, 6.07) is 29.7. The third-order valence-corrected chi connectivity index (χ3v) is 7.25. The largest absolute Gasteiger partial charge is 0.457 e. The van der Waals surface area contributed by atoms with Crippen molar-refractivity contribution in [2.75, 3.05) is 0 Å². The molecule has 0 aliphatic carbocycles. The van der Waals surface area contributed by atoms with Crippen LogP contribution in [0.5, 0.6) is 11.5 Å². The van der Waals surface area contributed by atoms with Crippen molar-refractivity contribution < 1.29 is 22.3 Å². The van der Waals surface area contributed by atoms with Crippen molar-refractivity contribution in [1.82, 2.24) is 19.9 Å². The summed E-state index contributed by atoms with van der Waals surface area (Å²) in [6.45, 7) is 4.00. The molecule has 218 valence electrons. The number of fused-ring (bicyclic) bond motifs is 2. The highest BCUT2D eigenvalue weighted by molar-refractivity contribution is 5.70. The first kappa shape index (κ1) is 28.7. The lowest BCUT2D eigenvalue weighted by molar-refractivity contribution is 0.430. The molecule has 0 N–H and O–H groups in total. The molecule has 0 saturated heterocycles. The number of para-hydroxylation sites is 2. The molecule has 0 bridgehead atoms. The SMILES string of the molecule is CC.Fc1ccc(-c2cccc(C3(c4cccc(-c5ccc(F)nc5F)n4)c4ccccc4Oc4ccccc43)n2)c(F)n1. The molecule has 2 aromatic carbocycles. The molecule has 0 atom stereocenters. The molecule has 0 amide bonds. The van der Waals surface area contributed by atoms with E-state index in [0.717, 1.165) is 12.1 Å². The molecule has 0 radical (unpaired) electrons. The van der Waals surface area contributed by atoms with Crippen molar-refractivity contribution >= 4 is 0 Å². The zero-order valence-corrected chi connectivity index (χ0v) is 23.6. The highest BCUT2D eigenvalue weighted by Crippen LogP contribution is 2.54. The first-order chi connectivity index (χ1) is 21.4. The molecule has 9 heteroatoms. The van der Waals surface area contributed by atoms with Gasteiger partial charge in [-0.2, -0.15) is 27.5 Å². The van der Waals surface area contributed by atoms with E-state index in [1.807, 2.05) is 62.4 Å². The molecule has 1 aliphatic rings. The van der Waals surface area contributed by atoms with Gasteiger partial charge in [-0.3, -0.25) is 9.97 Å². The quantitative estimate of drug-likeness (QED) is 0.151. The normalized spacial score (nSPS) is 12.7. The van der Waals surface area contributed by atoms with E-state index in [1.54, 1.807) is 36.4 Å². The van der Waals surface area contributed by atoms with Crippen LogP contribution in [0.4, 0.5) is 17.6 Å². The summed E-state index contributed by atoms with van der Waals surface area (Å²) in [5.74, 6) is -2.80. The average Bonchev–Trinajstić information content (AvgIpc) is 3.05. The topological polar surface area (TPSA) is 60.8 Å². The van der Waals surface area contributed by atoms with Crippen LogP contribution in [0.2, 0.25) is 0 Å². The lowest BCUT2D eigenvalue weighted by Crippen LogP contribution is -2.36. The summed E-state index contributed by atoms with van der Waals surface area (Å²) in [7, 11) is 0. The van der Waals surface area contributed by atoms with Crippen LogP contribution in [-0.4, -0.2) is 19.9 Å². The number of benzene rings is 2. The van der Waals surface area contributed by atoms with Crippen LogP contribution in [0.25, 0.3) is 22.5 Å². The van der Waals surface area contributed by atoms with E-state index < -0.39 is 29.2 Å². The van der Waals surface area contributed by atoms with Gasteiger partial charge in [0.25, 0.3) is 0 Å². The van der Waals surface area contributed by atoms with Gasteiger partial charge in [0.05, 0.1) is 33.9 Å². The molecule has 44 heavy (non-hydrogen) atoms. The highest BCUT2D eigenvalue weighted by atomic mass is 19.1. The number of hydrogen-bond acceptors (Lipinski definition) is 5. The van der Waals surface area contributed by atoms with Gasteiger partial charge in [0.15, 0.2) is 0 Å². The second-order valence-corrected chi connectivity index (χ2v) is 9.61. The predicted molar refractivity (Wildman–Crippen MR) is 158 cm³/mol. The molecule has 0 unspecified atom stereocenters. The first-order valence-electron chi connectivity index (χ1n) is 13.9. The van der Waals surface area contributed by atoms with Crippen molar-refractivity contribution in [2.45, 2.75) is 19.3 Å². The summed E-state index contributed by atoms with van der Waals surface area (Å²) in [5.41, 5.74) is 1.54. The maximum atomic E-state index is 14.8. The van der Waals surface area contributed by atoms with Crippen LogP contribution in [-0.2, 0) is 5.41 Å². The maximum absolute atomic E-state index is 14.8. The minimum atomic E-state index is -1.23. The molecule has 1 aliphatic heterocycles. The van der Waals surface area contributed by atoms with Crippen LogP contribution in [0.15, 0.2) is 109 Å². The molecular weight excluding hydrogens is 568 g/mol. The molecule has 0 saturated carbocycles. The zero-order valence-electron chi connectivity index (χ0n) is 23.6. The Morgan fingerprint density at radius 2 is 0.909 bits per heavy atom. The second-order valence-electron chi connectivity index (χ2n) is 9.61. The number of hydrogen-bond donors (Lipinski definition) is 0. The lowest BCUT2D eigenvalue weighted by Gasteiger charge is -2.39. The third kappa shape index (κ3) is 4.76. The van der Waals surface area contributed by atoms with Gasteiger partial charge in [0, 0.05) is 11.1 Å². The Morgan fingerprint density at radius 1 is 0.477 bits per heavy atom. The van der Waals surface area contributed by atoms with E-state index in [4.69, 9.17) is 14.7 Å². The van der Waals surface area contributed by atoms with Crippen LogP contribution >= 0.6 is 0 Å². The number of aromatic nitrogens is 4. The summed E-state index contributed by atoms with van der Waals surface area (Å²) in [4.78, 5) is 16.5.